The van der Waals surface area contributed by atoms with Gasteiger partial charge in [-0.2, -0.15) is 0 Å². The molecule has 2 aliphatic carbocycles. The molecule has 1 aromatic rings. The van der Waals surface area contributed by atoms with Crippen molar-refractivity contribution in [3.8, 4) is 0 Å². The predicted molar refractivity (Wildman–Crippen MR) is 63.0 cm³/mol. The van der Waals surface area contributed by atoms with Crippen LogP contribution in [0.15, 0.2) is 18.2 Å². The molecule has 3 rings (SSSR count). The second kappa shape index (κ2) is 3.53. The van der Waals surface area contributed by atoms with Gasteiger partial charge < -0.3 is 11.1 Å². The van der Waals surface area contributed by atoms with Crippen molar-refractivity contribution in [1.29, 1.82) is 0 Å². The highest BCUT2D eigenvalue weighted by molar-refractivity contribution is 5.51. The predicted octanol–water partition coefficient (Wildman–Crippen LogP) is 2.60. The lowest BCUT2D eigenvalue weighted by Gasteiger charge is -2.23. The molecule has 2 aliphatic rings. The Kier molecular flexibility index (Phi) is 2.17. The molecule has 0 radical (unpaired) electrons. The van der Waals surface area contributed by atoms with Crippen LogP contribution in [0, 0.1) is 0 Å². The third-order valence-electron chi connectivity index (χ3n) is 3.45. The van der Waals surface area contributed by atoms with E-state index >= 15 is 0 Å². The molecule has 80 valence electrons. The van der Waals surface area contributed by atoms with Crippen LogP contribution in [0.4, 0.5) is 5.69 Å². The summed E-state index contributed by atoms with van der Waals surface area (Å²) in [6.07, 6.45) is 6.24. The van der Waals surface area contributed by atoms with E-state index in [0.717, 1.165) is 12.5 Å². The Balaban J connectivity index is 1.87. The standard InChI is InChI=1S/C13H18N2/c14-13-3-1-2-9-8-11(6-7-12(9)13)15-10-4-5-10/h6-8,10,13,15H,1-5,14H2. The van der Waals surface area contributed by atoms with Crippen molar-refractivity contribution in [2.45, 2.75) is 44.2 Å². The second-order valence-electron chi connectivity index (χ2n) is 4.83. The molecule has 1 fully saturated rings. The van der Waals surface area contributed by atoms with Crippen LogP contribution in [0.3, 0.4) is 0 Å². The summed E-state index contributed by atoms with van der Waals surface area (Å²) in [6.45, 7) is 0. The van der Waals surface area contributed by atoms with Crippen LogP contribution in [0.5, 0.6) is 0 Å². The highest BCUT2D eigenvalue weighted by Crippen LogP contribution is 2.31. The van der Waals surface area contributed by atoms with Crippen molar-refractivity contribution >= 4 is 5.69 Å². The van der Waals surface area contributed by atoms with Gasteiger partial charge in [-0.05, 0) is 55.4 Å². The van der Waals surface area contributed by atoms with Gasteiger partial charge in [0.2, 0.25) is 0 Å². The Morgan fingerprint density at radius 3 is 2.87 bits per heavy atom. The topological polar surface area (TPSA) is 38.0 Å². The van der Waals surface area contributed by atoms with E-state index in [4.69, 9.17) is 5.73 Å². The minimum atomic E-state index is 0.267. The van der Waals surface area contributed by atoms with Crippen LogP contribution in [-0.4, -0.2) is 6.04 Å². The van der Waals surface area contributed by atoms with Crippen molar-refractivity contribution in [1.82, 2.24) is 0 Å². The zero-order chi connectivity index (χ0) is 10.3. The van der Waals surface area contributed by atoms with E-state index < -0.39 is 0 Å². The molecule has 0 aromatic heterocycles. The molecule has 1 saturated carbocycles. The van der Waals surface area contributed by atoms with E-state index in [1.165, 1.54) is 42.5 Å². The molecular formula is C13H18N2. The molecule has 2 nitrogen and oxygen atoms in total. The normalized spacial score (nSPS) is 24.7. The molecule has 3 N–H and O–H groups in total. The minimum Gasteiger partial charge on any atom is -0.382 e. The van der Waals surface area contributed by atoms with Gasteiger partial charge in [-0.25, -0.2) is 0 Å². The molecule has 2 heteroatoms. The fourth-order valence-corrected chi connectivity index (χ4v) is 2.41. The number of anilines is 1. The van der Waals surface area contributed by atoms with Crippen molar-refractivity contribution in [2.24, 2.45) is 5.73 Å². The van der Waals surface area contributed by atoms with Crippen LogP contribution in [0.1, 0.15) is 42.9 Å². The smallest absolute Gasteiger partial charge is 0.0345 e. The largest absolute Gasteiger partial charge is 0.382 e. The van der Waals surface area contributed by atoms with E-state index in [2.05, 4.69) is 23.5 Å². The molecule has 1 aromatic carbocycles. The lowest BCUT2D eigenvalue weighted by molar-refractivity contribution is 0.570. The van der Waals surface area contributed by atoms with Gasteiger partial charge in [0.1, 0.15) is 0 Å². The summed E-state index contributed by atoms with van der Waals surface area (Å²) >= 11 is 0. The van der Waals surface area contributed by atoms with Gasteiger partial charge in [0.25, 0.3) is 0 Å². The summed E-state index contributed by atoms with van der Waals surface area (Å²) in [5.74, 6) is 0. The van der Waals surface area contributed by atoms with Crippen LogP contribution in [-0.2, 0) is 6.42 Å². The molecule has 15 heavy (non-hydrogen) atoms. The molecule has 1 atom stereocenters. The lowest BCUT2D eigenvalue weighted by Crippen LogP contribution is -2.17. The average Bonchev–Trinajstić information content (AvgIpc) is 3.02. The molecule has 0 heterocycles. The number of nitrogens with two attached hydrogens (primary N) is 1. The average molecular weight is 202 g/mol. The monoisotopic (exact) mass is 202 g/mol. The SMILES string of the molecule is NC1CCCc2cc(NC3CC3)ccc21. The van der Waals surface area contributed by atoms with Crippen molar-refractivity contribution in [2.75, 3.05) is 5.32 Å². The Bertz CT molecular complexity index is 369. The van der Waals surface area contributed by atoms with Gasteiger partial charge in [-0.3, -0.25) is 0 Å². The fraction of sp³-hybridized carbons (Fsp3) is 0.538. The summed E-state index contributed by atoms with van der Waals surface area (Å²) in [5, 5.41) is 3.54. The fourth-order valence-electron chi connectivity index (χ4n) is 2.41. The van der Waals surface area contributed by atoms with Crippen LogP contribution in [0.25, 0.3) is 0 Å². The van der Waals surface area contributed by atoms with Crippen LogP contribution >= 0.6 is 0 Å². The number of fused-ring (bicyclic) bond motifs is 1. The van der Waals surface area contributed by atoms with Gasteiger partial charge in [0.05, 0.1) is 0 Å². The second-order valence-corrected chi connectivity index (χ2v) is 4.83. The molecule has 0 aliphatic heterocycles. The first-order valence-electron chi connectivity index (χ1n) is 5.98. The molecule has 1 unspecified atom stereocenters. The Morgan fingerprint density at radius 2 is 2.07 bits per heavy atom. The van der Waals surface area contributed by atoms with E-state index in [1.807, 2.05) is 0 Å². The molecular weight excluding hydrogens is 184 g/mol. The zero-order valence-electron chi connectivity index (χ0n) is 9.00. The van der Waals surface area contributed by atoms with Gasteiger partial charge in [-0.1, -0.05) is 6.07 Å². The Hall–Kier alpha value is -1.02. The van der Waals surface area contributed by atoms with Gasteiger partial charge >= 0.3 is 0 Å². The van der Waals surface area contributed by atoms with Crippen molar-refractivity contribution < 1.29 is 0 Å². The molecule has 0 amide bonds. The van der Waals surface area contributed by atoms with Crippen LogP contribution in [0.2, 0.25) is 0 Å². The van der Waals surface area contributed by atoms with Gasteiger partial charge in [0, 0.05) is 17.8 Å². The molecule has 0 spiro atoms. The maximum absolute atomic E-state index is 6.09. The Morgan fingerprint density at radius 1 is 1.20 bits per heavy atom. The summed E-state index contributed by atoms with van der Waals surface area (Å²) in [7, 11) is 0. The van der Waals surface area contributed by atoms with Gasteiger partial charge in [-0.15, -0.1) is 0 Å². The summed E-state index contributed by atoms with van der Waals surface area (Å²) < 4.78 is 0. The number of hydrogen-bond donors (Lipinski definition) is 2. The lowest BCUT2D eigenvalue weighted by atomic mass is 9.88. The van der Waals surface area contributed by atoms with E-state index in [0.29, 0.717) is 0 Å². The molecule has 0 bridgehead atoms. The molecule has 0 saturated heterocycles. The zero-order valence-corrected chi connectivity index (χ0v) is 9.00. The Labute approximate surface area is 90.9 Å². The highest BCUT2D eigenvalue weighted by Gasteiger charge is 2.22. The summed E-state index contributed by atoms with van der Waals surface area (Å²) in [4.78, 5) is 0. The number of hydrogen-bond acceptors (Lipinski definition) is 2. The van der Waals surface area contributed by atoms with Crippen molar-refractivity contribution in [3.05, 3.63) is 29.3 Å². The van der Waals surface area contributed by atoms with Crippen LogP contribution < -0.4 is 11.1 Å². The number of nitrogens with one attached hydrogen (secondary N) is 1. The minimum absolute atomic E-state index is 0.267. The van der Waals surface area contributed by atoms with Crippen molar-refractivity contribution in [3.63, 3.8) is 0 Å². The first kappa shape index (κ1) is 9.22. The van der Waals surface area contributed by atoms with E-state index in [9.17, 15) is 0 Å². The van der Waals surface area contributed by atoms with E-state index in [1.54, 1.807) is 0 Å². The highest BCUT2D eigenvalue weighted by atomic mass is 14.9. The number of aryl methyl sites for hydroxylation is 1. The summed E-state index contributed by atoms with van der Waals surface area (Å²) in [6, 6.07) is 7.70. The number of benzene rings is 1. The quantitative estimate of drug-likeness (QED) is 0.773. The maximum atomic E-state index is 6.09. The first-order chi connectivity index (χ1) is 7.33. The summed E-state index contributed by atoms with van der Waals surface area (Å²) in [5.41, 5.74) is 10.2. The van der Waals surface area contributed by atoms with Gasteiger partial charge in [0.15, 0.2) is 0 Å². The third-order valence-corrected chi connectivity index (χ3v) is 3.45. The maximum Gasteiger partial charge on any atom is 0.0345 e. The first-order valence-corrected chi connectivity index (χ1v) is 5.98. The third kappa shape index (κ3) is 1.86. The number of rotatable bonds is 2. The van der Waals surface area contributed by atoms with E-state index in [-0.39, 0.29) is 6.04 Å².